The summed E-state index contributed by atoms with van der Waals surface area (Å²) in [5.74, 6) is -0.242. The molecule has 0 aliphatic rings. The van der Waals surface area contributed by atoms with Crippen molar-refractivity contribution in [3.05, 3.63) is 108 Å². The summed E-state index contributed by atoms with van der Waals surface area (Å²) < 4.78 is 38.4. The summed E-state index contributed by atoms with van der Waals surface area (Å²) >= 11 is 0. The minimum absolute atomic E-state index is 0.242. The molecule has 136 valence electrons. The minimum Gasteiger partial charge on any atom is -0.355 e. The van der Waals surface area contributed by atoms with Gasteiger partial charge in [-0.25, -0.2) is 0 Å². The van der Waals surface area contributed by atoms with Crippen molar-refractivity contribution in [2.45, 2.75) is 6.18 Å². The van der Waals surface area contributed by atoms with Gasteiger partial charge in [0, 0.05) is 23.0 Å². The van der Waals surface area contributed by atoms with E-state index in [0.29, 0.717) is 16.8 Å². The van der Waals surface area contributed by atoms with Crippen LogP contribution < -0.4 is 5.32 Å². The van der Waals surface area contributed by atoms with Crippen LogP contribution in [0.1, 0.15) is 21.5 Å². The molecular formula is C22H16F3NO. The van der Waals surface area contributed by atoms with Gasteiger partial charge in [-0.15, -0.1) is 0 Å². The van der Waals surface area contributed by atoms with Crippen LogP contribution in [0.5, 0.6) is 0 Å². The van der Waals surface area contributed by atoms with Crippen LogP contribution in [0.2, 0.25) is 0 Å². The first-order chi connectivity index (χ1) is 12.9. The zero-order valence-electron chi connectivity index (χ0n) is 14.2. The van der Waals surface area contributed by atoms with Gasteiger partial charge in [-0.1, -0.05) is 60.7 Å². The molecule has 0 aliphatic heterocycles. The second-order valence-corrected chi connectivity index (χ2v) is 5.85. The first-order valence-electron chi connectivity index (χ1n) is 8.24. The topological polar surface area (TPSA) is 29.1 Å². The Morgan fingerprint density at radius 1 is 0.741 bits per heavy atom. The number of rotatable bonds is 5. The summed E-state index contributed by atoms with van der Waals surface area (Å²) in [5, 5.41) is 3.11. The quantitative estimate of drug-likeness (QED) is 0.440. The van der Waals surface area contributed by atoms with Gasteiger partial charge >= 0.3 is 6.18 Å². The van der Waals surface area contributed by atoms with E-state index in [1.807, 2.05) is 30.3 Å². The van der Waals surface area contributed by atoms with Gasteiger partial charge in [-0.2, -0.15) is 13.2 Å². The molecule has 27 heavy (non-hydrogen) atoms. The monoisotopic (exact) mass is 367 g/mol. The van der Waals surface area contributed by atoms with E-state index in [1.54, 1.807) is 30.3 Å². The molecule has 0 unspecified atom stereocenters. The first kappa shape index (κ1) is 18.5. The highest BCUT2D eigenvalue weighted by Crippen LogP contribution is 2.30. The Kier molecular flexibility index (Phi) is 5.41. The molecule has 1 N–H and O–H groups in total. The van der Waals surface area contributed by atoms with Crippen molar-refractivity contribution in [1.29, 1.82) is 0 Å². The Morgan fingerprint density at radius 2 is 1.30 bits per heavy atom. The van der Waals surface area contributed by atoms with Crippen molar-refractivity contribution in [3.8, 4) is 0 Å². The smallest absolute Gasteiger partial charge is 0.355 e. The summed E-state index contributed by atoms with van der Waals surface area (Å²) in [7, 11) is 0. The molecule has 0 spiro atoms. The number of para-hydroxylation sites is 1. The van der Waals surface area contributed by atoms with E-state index in [9.17, 15) is 18.0 Å². The van der Waals surface area contributed by atoms with Crippen LogP contribution in [0.4, 0.5) is 18.9 Å². The largest absolute Gasteiger partial charge is 0.416 e. The zero-order valence-corrected chi connectivity index (χ0v) is 14.2. The average molecular weight is 367 g/mol. The normalized spacial score (nSPS) is 11.9. The highest BCUT2D eigenvalue weighted by Gasteiger charge is 2.30. The molecule has 3 aromatic carbocycles. The third-order valence-electron chi connectivity index (χ3n) is 3.91. The summed E-state index contributed by atoms with van der Waals surface area (Å²) in [6, 6.07) is 22.5. The molecule has 0 fully saturated rings. The fraction of sp³-hybridized carbons (Fsp3) is 0.0455. The van der Waals surface area contributed by atoms with E-state index < -0.39 is 11.7 Å². The maximum absolute atomic E-state index is 12.8. The predicted octanol–water partition coefficient (Wildman–Crippen LogP) is 6.04. The fourth-order valence-corrected chi connectivity index (χ4v) is 2.52. The molecule has 0 amide bonds. The highest BCUT2D eigenvalue weighted by molar-refractivity contribution is 6.09. The summed E-state index contributed by atoms with van der Waals surface area (Å²) in [5.41, 5.74) is 1.39. The van der Waals surface area contributed by atoms with Gasteiger partial charge in [0.15, 0.2) is 5.78 Å². The number of carbonyl (C=O) groups is 1. The van der Waals surface area contributed by atoms with Crippen LogP contribution in [0.15, 0.2) is 91.0 Å². The number of hydrogen-bond acceptors (Lipinski definition) is 2. The molecule has 0 saturated heterocycles. The molecule has 0 atom stereocenters. The number of benzene rings is 3. The van der Waals surface area contributed by atoms with Gasteiger partial charge in [0.25, 0.3) is 0 Å². The van der Waals surface area contributed by atoms with Gasteiger partial charge < -0.3 is 5.32 Å². The predicted molar refractivity (Wildman–Crippen MR) is 100 cm³/mol. The van der Waals surface area contributed by atoms with Crippen molar-refractivity contribution in [2.24, 2.45) is 0 Å². The standard InChI is InChI=1S/C22H16F3NO/c23-22(24,25)18-13-11-16(12-14-18)20(26-19-9-5-2-6-10-19)15-21(27)17-7-3-1-4-8-17/h1-15,26H. The van der Waals surface area contributed by atoms with Crippen molar-refractivity contribution in [1.82, 2.24) is 0 Å². The maximum atomic E-state index is 12.8. The van der Waals surface area contributed by atoms with E-state index in [1.165, 1.54) is 18.2 Å². The second-order valence-electron chi connectivity index (χ2n) is 5.85. The van der Waals surface area contributed by atoms with Crippen LogP contribution >= 0.6 is 0 Å². The fourth-order valence-electron chi connectivity index (χ4n) is 2.52. The number of nitrogens with one attached hydrogen (secondary N) is 1. The summed E-state index contributed by atoms with van der Waals surface area (Å²) in [4.78, 5) is 12.5. The lowest BCUT2D eigenvalue weighted by molar-refractivity contribution is -0.137. The minimum atomic E-state index is -4.41. The Morgan fingerprint density at radius 3 is 1.85 bits per heavy atom. The lowest BCUT2D eigenvalue weighted by atomic mass is 10.0. The molecule has 0 radical (unpaired) electrons. The highest BCUT2D eigenvalue weighted by atomic mass is 19.4. The molecule has 0 aromatic heterocycles. The zero-order chi connectivity index (χ0) is 19.3. The van der Waals surface area contributed by atoms with Crippen LogP contribution in [0.25, 0.3) is 5.70 Å². The Bertz CT molecular complexity index is 931. The van der Waals surface area contributed by atoms with Crippen molar-refractivity contribution in [3.63, 3.8) is 0 Å². The van der Waals surface area contributed by atoms with E-state index in [2.05, 4.69) is 5.32 Å². The molecule has 2 nitrogen and oxygen atoms in total. The molecule has 0 bridgehead atoms. The third-order valence-corrected chi connectivity index (χ3v) is 3.91. The number of alkyl halides is 3. The Labute approximate surface area is 155 Å². The van der Waals surface area contributed by atoms with Crippen LogP contribution in [0.3, 0.4) is 0 Å². The van der Waals surface area contributed by atoms with Gasteiger partial charge in [0.2, 0.25) is 0 Å². The van der Waals surface area contributed by atoms with Crippen molar-refractivity contribution in [2.75, 3.05) is 5.32 Å². The molecule has 3 aromatic rings. The first-order valence-corrected chi connectivity index (χ1v) is 8.24. The van der Waals surface area contributed by atoms with E-state index in [-0.39, 0.29) is 5.78 Å². The third kappa shape index (κ3) is 4.85. The Balaban J connectivity index is 1.97. The molecule has 0 aliphatic carbocycles. The van der Waals surface area contributed by atoms with Crippen LogP contribution in [0, 0.1) is 0 Å². The summed E-state index contributed by atoms with van der Waals surface area (Å²) in [6.07, 6.45) is -3.01. The van der Waals surface area contributed by atoms with E-state index in [4.69, 9.17) is 0 Å². The summed E-state index contributed by atoms with van der Waals surface area (Å²) in [6.45, 7) is 0. The number of carbonyl (C=O) groups excluding carboxylic acids is 1. The van der Waals surface area contributed by atoms with Crippen LogP contribution in [-0.4, -0.2) is 5.78 Å². The molecule has 0 heterocycles. The lowest BCUT2D eigenvalue weighted by Crippen LogP contribution is -2.06. The van der Waals surface area contributed by atoms with Crippen molar-refractivity contribution < 1.29 is 18.0 Å². The number of anilines is 1. The van der Waals surface area contributed by atoms with E-state index in [0.717, 1.165) is 17.8 Å². The lowest BCUT2D eigenvalue weighted by Gasteiger charge is -2.13. The molecular weight excluding hydrogens is 351 g/mol. The van der Waals surface area contributed by atoms with E-state index >= 15 is 0 Å². The average Bonchev–Trinajstić information content (AvgIpc) is 2.68. The number of ketones is 1. The van der Waals surface area contributed by atoms with Crippen molar-refractivity contribution >= 4 is 17.2 Å². The number of allylic oxidation sites excluding steroid dienone is 1. The number of hydrogen-bond donors (Lipinski definition) is 1. The maximum Gasteiger partial charge on any atom is 0.416 e. The number of halogens is 3. The van der Waals surface area contributed by atoms with Gasteiger partial charge in [0.05, 0.1) is 5.56 Å². The molecule has 0 saturated carbocycles. The Hall–Kier alpha value is -3.34. The SMILES string of the molecule is O=C(C=C(Nc1ccccc1)c1ccc(C(F)(F)F)cc1)c1ccccc1. The van der Waals surface area contributed by atoms with Crippen LogP contribution in [-0.2, 0) is 6.18 Å². The molecule has 3 rings (SSSR count). The van der Waals surface area contributed by atoms with Gasteiger partial charge in [0.1, 0.15) is 0 Å². The second kappa shape index (κ2) is 7.91. The van der Waals surface area contributed by atoms with Gasteiger partial charge in [-0.05, 0) is 29.8 Å². The molecule has 5 heteroatoms. The van der Waals surface area contributed by atoms with Gasteiger partial charge in [-0.3, -0.25) is 4.79 Å².